The summed E-state index contributed by atoms with van der Waals surface area (Å²) in [6, 6.07) is 17.6. The van der Waals surface area contributed by atoms with Gasteiger partial charge in [-0.3, -0.25) is 10.6 Å². The summed E-state index contributed by atoms with van der Waals surface area (Å²) in [5, 5.41) is 5.76. The Kier molecular flexibility index (Phi) is 9.03. The summed E-state index contributed by atoms with van der Waals surface area (Å²) in [4.78, 5) is 30.1. The van der Waals surface area contributed by atoms with Crippen LogP contribution in [0.4, 0.5) is 21.0 Å². The molecule has 0 saturated carbocycles. The van der Waals surface area contributed by atoms with Crippen LogP contribution in [-0.2, 0) is 9.47 Å². The Morgan fingerprint density at radius 3 is 1.48 bits per heavy atom. The maximum Gasteiger partial charge on any atom is 0.412 e. The molecule has 0 aliphatic heterocycles. The van der Waals surface area contributed by atoms with E-state index in [1.807, 2.05) is 124 Å². The van der Waals surface area contributed by atoms with Crippen LogP contribution in [0.3, 0.4) is 0 Å². The largest absolute Gasteiger partial charge is 0.444 e. The van der Waals surface area contributed by atoms with Crippen molar-refractivity contribution in [1.29, 1.82) is 0 Å². The highest BCUT2D eigenvalue weighted by Crippen LogP contribution is 2.28. The number of carbonyl (C=O) groups is 2. The summed E-state index contributed by atoms with van der Waals surface area (Å²) < 4.78 is 13.0. The van der Waals surface area contributed by atoms with Crippen molar-refractivity contribution in [3.05, 3.63) is 65.7 Å². The molecule has 0 fully saturated rings. The van der Waals surface area contributed by atoms with Gasteiger partial charge in [-0.1, -0.05) is 32.0 Å². The lowest BCUT2D eigenvalue weighted by Gasteiger charge is -2.20. The van der Waals surface area contributed by atoms with E-state index in [0.29, 0.717) is 11.4 Å². The molecule has 2 N–H and O–H groups in total. The number of fused-ring (bicyclic) bond motifs is 2. The third-order valence-electron chi connectivity index (χ3n) is 5.65. The Labute approximate surface area is 236 Å². The smallest absolute Gasteiger partial charge is 0.412 e. The Morgan fingerprint density at radius 1 is 0.700 bits per heavy atom. The Hall–Kier alpha value is -4.20. The first kappa shape index (κ1) is 30.3. The van der Waals surface area contributed by atoms with Gasteiger partial charge in [0.05, 0.1) is 11.4 Å². The van der Waals surface area contributed by atoms with Crippen LogP contribution in [0, 0.1) is 13.8 Å². The van der Waals surface area contributed by atoms with E-state index in [-0.39, 0.29) is 0 Å². The molecule has 0 aliphatic carbocycles. The van der Waals surface area contributed by atoms with Crippen molar-refractivity contribution in [2.75, 3.05) is 10.6 Å². The predicted octanol–water partition coefficient (Wildman–Crippen LogP) is 8.00. The molecule has 8 heteroatoms. The minimum Gasteiger partial charge on any atom is -0.444 e. The van der Waals surface area contributed by atoms with Crippen LogP contribution in [0.25, 0.3) is 27.8 Å². The molecule has 212 valence electrons. The number of anilines is 2. The van der Waals surface area contributed by atoms with Gasteiger partial charge in [0.2, 0.25) is 16.7 Å². The van der Waals surface area contributed by atoms with Crippen molar-refractivity contribution in [2.24, 2.45) is 0 Å². The first-order valence-electron chi connectivity index (χ1n) is 13.6. The van der Waals surface area contributed by atoms with Gasteiger partial charge in [-0.05, 0) is 78.6 Å². The summed E-state index contributed by atoms with van der Waals surface area (Å²) in [6.45, 7) is 18.8. The van der Waals surface area contributed by atoms with E-state index in [4.69, 9.17) is 14.5 Å². The zero-order chi connectivity index (χ0) is 29.8. The highest BCUT2D eigenvalue weighted by atomic mass is 16.6. The number of rotatable bonds is 3. The van der Waals surface area contributed by atoms with Gasteiger partial charge >= 0.3 is 12.2 Å². The van der Waals surface area contributed by atoms with Crippen molar-refractivity contribution >= 4 is 45.6 Å². The van der Waals surface area contributed by atoms with Crippen LogP contribution in [-0.4, -0.2) is 28.4 Å². The number of hydrogen-bond donors (Lipinski definition) is 2. The van der Waals surface area contributed by atoms with Crippen molar-refractivity contribution in [3.8, 4) is 5.69 Å². The van der Waals surface area contributed by atoms with Gasteiger partial charge in [0.15, 0.2) is 0 Å². The van der Waals surface area contributed by atoms with E-state index < -0.39 is 23.4 Å². The fourth-order valence-corrected chi connectivity index (χ4v) is 4.11. The standard InChI is InChI=1S/C30H34N4O4.C2H6/c1-18-14-23-25(16-21(18)32-27(35)37-29(3,4)5)34(20-12-10-9-11-13-20)26-17-22(19(2)15-24(26)31-23)33-28(36)38-30(6,7)8;1-2/h9-17H,1-8H3,(H,32,33,35,36);1-2H3/p+1. The van der Waals surface area contributed by atoms with Crippen molar-refractivity contribution in [1.82, 2.24) is 4.98 Å². The number of aromatic nitrogens is 2. The normalized spacial score (nSPS) is 11.4. The molecule has 1 heterocycles. The maximum absolute atomic E-state index is 12.6. The summed E-state index contributed by atoms with van der Waals surface area (Å²) in [5.74, 6) is 0. The molecule has 40 heavy (non-hydrogen) atoms. The van der Waals surface area contributed by atoms with E-state index in [9.17, 15) is 9.59 Å². The Bertz CT molecular complexity index is 1440. The average Bonchev–Trinajstić information content (AvgIpc) is 2.83. The van der Waals surface area contributed by atoms with Crippen molar-refractivity contribution in [2.45, 2.75) is 80.4 Å². The molecule has 0 bridgehead atoms. The van der Waals surface area contributed by atoms with Crippen LogP contribution in [0.15, 0.2) is 54.6 Å². The molecule has 0 atom stereocenters. The SMILES string of the molecule is CC.Cc1cc2nc3cc(C)c(NC(=O)OC(C)(C)C)cc3[n+](-c3ccccc3)c2cc1NC(=O)OC(C)(C)C. The molecule has 0 unspecified atom stereocenters. The Balaban J connectivity index is 0.00000216. The first-order valence-corrected chi connectivity index (χ1v) is 13.6. The molecule has 0 spiro atoms. The zero-order valence-electron chi connectivity index (χ0n) is 25.2. The molecule has 4 rings (SSSR count). The number of benzene rings is 3. The highest BCUT2D eigenvalue weighted by Gasteiger charge is 2.24. The highest BCUT2D eigenvalue weighted by molar-refractivity contribution is 5.93. The third-order valence-corrected chi connectivity index (χ3v) is 5.65. The average molecular weight is 546 g/mol. The fraction of sp³-hybridized carbons (Fsp3) is 0.375. The second-order valence-electron chi connectivity index (χ2n) is 11.3. The number of aryl methyl sites for hydroxylation is 2. The number of para-hydroxylation sites is 1. The van der Waals surface area contributed by atoms with E-state index in [1.54, 1.807) is 0 Å². The van der Waals surface area contributed by atoms with Gasteiger partial charge in [0, 0.05) is 24.3 Å². The van der Waals surface area contributed by atoms with Crippen molar-refractivity contribution < 1.29 is 23.6 Å². The van der Waals surface area contributed by atoms with Gasteiger partial charge in [0.1, 0.15) is 22.2 Å². The zero-order valence-corrected chi connectivity index (χ0v) is 25.2. The molecule has 8 nitrogen and oxygen atoms in total. The van der Waals surface area contributed by atoms with Crippen LogP contribution < -0.4 is 15.2 Å². The minimum atomic E-state index is -0.619. The lowest BCUT2D eigenvalue weighted by Crippen LogP contribution is -2.34. The van der Waals surface area contributed by atoms with E-state index >= 15 is 0 Å². The number of carbonyl (C=O) groups excluding carboxylic acids is 2. The minimum absolute atomic E-state index is 0.528. The second kappa shape index (κ2) is 11.9. The van der Waals surface area contributed by atoms with Crippen LogP contribution >= 0.6 is 0 Å². The second-order valence-corrected chi connectivity index (χ2v) is 11.3. The monoisotopic (exact) mass is 545 g/mol. The summed E-state index contributed by atoms with van der Waals surface area (Å²) in [6.07, 6.45) is -1.06. The number of ether oxygens (including phenoxy) is 2. The van der Waals surface area contributed by atoms with Gasteiger partial charge in [-0.2, -0.15) is 0 Å². The molecule has 3 aromatic carbocycles. The molecule has 0 radical (unpaired) electrons. The Morgan fingerprint density at radius 2 is 1.10 bits per heavy atom. The molecule has 1 aromatic heterocycles. The van der Waals surface area contributed by atoms with E-state index in [1.165, 1.54) is 0 Å². The van der Waals surface area contributed by atoms with E-state index in [2.05, 4.69) is 15.2 Å². The van der Waals surface area contributed by atoms with Gasteiger partial charge in [-0.15, -0.1) is 4.57 Å². The van der Waals surface area contributed by atoms with Crippen molar-refractivity contribution in [3.63, 3.8) is 0 Å². The van der Waals surface area contributed by atoms with Crippen LogP contribution in [0.1, 0.15) is 66.5 Å². The lowest BCUT2D eigenvalue weighted by molar-refractivity contribution is -0.538. The summed E-state index contributed by atoms with van der Waals surface area (Å²) >= 11 is 0. The van der Waals surface area contributed by atoms with Gasteiger partial charge < -0.3 is 9.47 Å². The number of hydrogen-bond acceptors (Lipinski definition) is 5. The quantitative estimate of drug-likeness (QED) is 0.201. The van der Waals surface area contributed by atoms with Crippen LogP contribution in [0.2, 0.25) is 0 Å². The fourth-order valence-electron chi connectivity index (χ4n) is 4.11. The predicted molar refractivity (Wildman–Crippen MR) is 161 cm³/mol. The molecule has 0 saturated heterocycles. The number of nitrogens with one attached hydrogen (secondary N) is 2. The number of amides is 2. The molecular formula is C32H41N4O4+. The maximum atomic E-state index is 12.6. The summed E-state index contributed by atoms with van der Waals surface area (Å²) in [5.41, 5.74) is 5.72. The molecule has 4 aromatic rings. The first-order chi connectivity index (χ1) is 18.7. The third kappa shape index (κ3) is 7.46. The molecular weight excluding hydrogens is 504 g/mol. The summed E-state index contributed by atoms with van der Waals surface area (Å²) in [7, 11) is 0. The van der Waals surface area contributed by atoms with Gasteiger partial charge in [-0.25, -0.2) is 14.6 Å². The van der Waals surface area contributed by atoms with E-state index in [0.717, 1.165) is 38.9 Å². The topological polar surface area (TPSA) is 93.4 Å². The molecule has 0 aliphatic rings. The van der Waals surface area contributed by atoms with Gasteiger partial charge in [0.25, 0.3) is 0 Å². The lowest BCUT2D eigenvalue weighted by atomic mass is 10.1. The number of nitrogens with zero attached hydrogens (tertiary/aromatic N) is 2. The molecule has 2 amide bonds. The van der Waals surface area contributed by atoms with Crippen LogP contribution in [0.5, 0.6) is 0 Å².